The van der Waals surface area contributed by atoms with E-state index in [-0.39, 0.29) is 12.7 Å². The van der Waals surface area contributed by atoms with E-state index in [1.165, 1.54) is 0 Å². The molecule has 6 heteroatoms. The first-order valence-electron chi connectivity index (χ1n) is 6.40. The number of anilines is 1. The van der Waals surface area contributed by atoms with Gasteiger partial charge in [-0.15, -0.1) is 0 Å². The molecule has 1 aromatic heterocycles. The third kappa shape index (κ3) is 1.81. The van der Waals surface area contributed by atoms with Gasteiger partial charge in [-0.1, -0.05) is 25.4 Å². The zero-order valence-electron chi connectivity index (χ0n) is 11.6. The van der Waals surface area contributed by atoms with E-state index < -0.39 is 0 Å². The number of ether oxygens (including phenoxy) is 2. The van der Waals surface area contributed by atoms with Crippen LogP contribution >= 0.6 is 11.6 Å². The number of rotatable bonds is 2. The van der Waals surface area contributed by atoms with Crippen LogP contribution in [-0.2, 0) is 7.05 Å². The minimum atomic E-state index is 0.195. The van der Waals surface area contributed by atoms with Crippen LogP contribution in [0.1, 0.15) is 25.3 Å². The molecule has 20 heavy (non-hydrogen) atoms. The van der Waals surface area contributed by atoms with Gasteiger partial charge in [0.2, 0.25) is 6.79 Å². The van der Waals surface area contributed by atoms with E-state index in [0.29, 0.717) is 22.3 Å². The van der Waals surface area contributed by atoms with E-state index in [4.69, 9.17) is 26.8 Å². The highest BCUT2D eigenvalue weighted by atomic mass is 35.5. The Morgan fingerprint density at radius 3 is 2.60 bits per heavy atom. The van der Waals surface area contributed by atoms with E-state index in [0.717, 1.165) is 16.7 Å². The summed E-state index contributed by atoms with van der Waals surface area (Å²) >= 11 is 6.29. The number of halogens is 1. The molecule has 0 spiro atoms. The molecule has 0 fully saturated rings. The van der Waals surface area contributed by atoms with Crippen LogP contribution in [0.2, 0.25) is 5.02 Å². The summed E-state index contributed by atoms with van der Waals surface area (Å²) in [5.74, 6) is 2.17. The standard InChI is InChI=1S/C14H16ClN3O2/c1-7(2)11-8(9-5-17-18(3)14(9)16)4-10(15)12-13(11)20-6-19-12/h4-5,7H,6,16H2,1-3H3. The zero-order valence-corrected chi connectivity index (χ0v) is 12.4. The normalized spacial score (nSPS) is 13.2. The van der Waals surface area contributed by atoms with E-state index in [2.05, 4.69) is 18.9 Å². The lowest BCUT2D eigenvalue weighted by atomic mass is 9.92. The summed E-state index contributed by atoms with van der Waals surface area (Å²) < 4.78 is 12.7. The van der Waals surface area contributed by atoms with Gasteiger partial charge < -0.3 is 15.2 Å². The molecule has 0 atom stereocenters. The fraction of sp³-hybridized carbons (Fsp3) is 0.357. The van der Waals surface area contributed by atoms with Crippen LogP contribution in [0, 0.1) is 0 Å². The van der Waals surface area contributed by atoms with Gasteiger partial charge in [-0.2, -0.15) is 5.10 Å². The highest BCUT2D eigenvalue weighted by Gasteiger charge is 2.27. The van der Waals surface area contributed by atoms with Crippen LogP contribution in [-0.4, -0.2) is 16.6 Å². The predicted molar refractivity (Wildman–Crippen MR) is 78.3 cm³/mol. The van der Waals surface area contributed by atoms with Gasteiger partial charge in [0.15, 0.2) is 11.5 Å². The monoisotopic (exact) mass is 293 g/mol. The molecule has 3 rings (SSSR count). The highest BCUT2D eigenvalue weighted by molar-refractivity contribution is 6.32. The minimum absolute atomic E-state index is 0.195. The number of fused-ring (bicyclic) bond motifs is 1. The summed E-state index contributed by atoms with van der Waals surface area (Å²) in [6.45, 7) is 4.39. The smallest absolute Gasteiger partial charge is 0.231 e. The maximum atomic E-state index is 6.29. The van der Waals surface area contributed by atoms with Crippen molar-refractivity contribution in [1.82, 2.24) is 9.78 Å². The van der Waals surface area contributed by atoms with Crippen LogP contribution in [0.25, 0.3) is 11.1 Å². The summed E-state index contributed by atoms with van der Waals surface area (Å²) in [5.41, 5.74) is 8.93. The summed E-state index contributed by atoms with van der Waals surface area (Å²) in [7, 11) is 1.81. The second kappa shape index (κ2) is 4.59. The Bertz CT molecular complexity index is 680. The Hall–Kier alpha value is -1.88. The predicted octanol–water partition coefficient (Wildman–Crippen LogP) is 3.17. The Kier molecular flexibility index (Phi) is 3.01. The first-order valence-corrected chi connectivity index (χ1v) is 6.78. The van der Waals surface area contributed by atoms with Crippen molar-refractivity contribution >= 4 is 17.4 Å². The van der Waals surface area contributed by atoms with Crippen molar-refractivity contribution < 1.29 is 9.47 Å². The summed E-state index contributed by atoms with van der Waals surface area (Å²) in [6.07, 6.45) is 1.75. The average Bonchev–Trinajstić information content (AvgIpc) is 2.98. The number of hydrogen-bond donors (Lipinski definition) is 1. The number of nitrogens with two attached hydrogens (primary N) is 1. The minimum Gasteiger partial charge on any atom is -0.453 e. The lowest BCUT2D eigenvalue weighted by Gasteiger charge is -2.16. The lowest BCUT2D eigenvalue weighted by molar-refractivity contribution is 0.173. The van der Waals surface area contributed by atoms with E-state index in [9.17, 15) is 0 Å². The van der Waals surface area contributed by atoms with Crippen molar-refractivity contribution in [2.75, 3.05) is 12.5 Å². The van der Waals surface area contributed by atoms with Crippen LogP contribution in [0.5, 0.6) is 11.5 Å². The molecule has 0 aliphatic carbocycles. The number of aromatic nitrogens is 2. The molecular formula is C14H16ClN3O2. The van der Waals surface area contributed by atoms with Crippen LogP contribution in [0.15, 0.2) is 12.3 Å². The topological polar surface area (TPSA) is 62.3 Å². The summed E-state index contributed by atoms with van der Waals surface area (Å²) in [4.78, 5) is 0. The van der Waals surface area contributed by atoms with Crippen molar-refractivity contribution in [3.05, 3.63) is 22.8 Å². The van der Waals surface area contributed by atoms with Crippen molar-refractivity contribution in [2.24, 2.45) is 7.05 Å². The first-order chi connectivity index (χ1) is 9.50. The largest absolute Gasteiger partial charge is 0.453 e. The average molecular weight is 294 g/mol. The first kappa shape index (κ1) is 13.1. The SMILES string of the molecule is CC(C)c1c(-c2cnn(C)c2N)cc(Cl)c2c1OCO2. The molecule has 1 aromatic carbocycles. The summed E-state index contributed by atoms with van der Waals surface area (Å²) in [6, 6.07) is 1.87. The maximum absolute atomic E-state index is 6.29. The molecule has 2 aromatic rings. The molecule has 0 unspecified atom stereocenters. The van der Waals surface area contributed by atoms with Crippen molar-refractivity contribution in [1.29, 1.82) is 0 Å². The molecule has 106 valence electrons. The Labute approximate surface area is 122 Å². The van der Waals surface area contributed by atoms with Crippen LogP contribution in [0.4, 0.5) is 5.82 Å². The number of benzene rings is 1. The zero-order chi connectivity index (χ0) is 14.4. The van der Waals surface area contributed by atoms with Gasteiger partial charge in [0, 0.05) is 18.2 Å². The van der Waals surface area contributed by atoms with E-state index in [1.807, 2.05) is 13.1 Å². The third-order valence-corrected chi connectivity index (χ3v) is 3.77. The Morgan fingerprint density at radius 2 is 2.00 bits per heavy atom. The second-order valence-corrected chi connectivity index (χ2v) is 5.51. The van der Waals surface area contributed by atoms with Crippen molar-refractivity contribution in [3.8, 4) is 22.6 Å². The van der Waals surface area contributed by atoms with Gasteiger partial charge >= 0.3 is 0 Å². The van der Waals surface area contributed by atoms with Crippen molar-refractivity contribution in [3.63, 3.8) is 0 Å². The number of aryl methyl sites for hydroxylation is 1. The molecule has 1 aliphatic rings. The molecule has 5 nitrogen and oxygen atoms in total. The number of nitrogen functional groups attached to an aromatic ring is 1. The molecule has 2 heterocycles. The van der Waals surface area contributed by atoms with Gasteiger partial charge in [-0.25, -0.2) is 0 Å². The Morgan fingerprint density at radius 1 is 1.30 bits per heavy atom. The molecular weight excluding hydrogens is 278 g/mol. The fourth-order valence-corrected chi connectivity index (χ4v) is 2.75. The van der Waals surface area contributed by atoms with Gasteiger partial charge in [0.25, 0.3) is 0 Å². The number of hydrogen-bond acceptors (Lipinski definition) is 4. The molecule has 0 bridgehead atoms. The van der Waals surface area contributed by atoms with E-state index >= 15 is 0 Å². The lowest BCUT2D eigenvalue weighted by Crippen LogP contribution is -2.01. The molecule has 0 saturated heterocycles. The van der Waals surface area contributed by atoms with E-state index in [1.54, 1.807) is 10.9 Å². The second-order valence-electron chi connectivity index (χ2n) is 5.11. The van der Waals surface area contributed by atoms with Crippen LogP contribution < -0.4 is 15.2 Å². The molecule has 2 N–H and O–H groups in total. The van der Waals surface area contributed by atoms with Gasteiger partial charge in [0.1, 0.15) is 5.82 Å². The maximum Gasteiger partial charge on any atom is 0.231 e. The quantitative estimate of drug-likeness (QED) is 0.924. The fourth-order valence-electron chi connectivity index (χ4n) is 2.50. The molecule has 0 radical (unpaired) electrons. The van der Waals surface area contributed by atoms with Crippen LogP contribution in [0.3, 0.4) is 0 Å². The van der Waals surface area contributed by atoms with Gasteiger partial charge in [-0.05, 0) is 17.5 Å². The van der Waals surface area contributed by atoms with Crippen molar-refractivity contribution in [2.45, 2.75) is 19.8 Å². The third-order valence-electron chi connectivity index (χ3n) is 3.49. The number of nitrogens with zero attached hydrogens (tertiary/aromatic N) is 2. The van der Waals surface area contributed by atoms with Gasteiger partial charge in [-0.3, -0.25) is 4.68 Å². The molecule has 0 amide bonds. The molecule has 1 aliphatic heterocycles. The van der Waals surface area contributed by atoms with Gasteiger partial charge in [0.05, 0.1) is 11.2 Å². The highest BCUT2D eigenvalue weighted by Crippen LogP contribution is 2.49. The Balaban J connectivity index is 2.31. The molecule has 0 saturated carbocycles. The summed E-state index contributed by atoms with van der Waals surface area (Å²) in [5, 5.41) is 4.72.